The Balaban J connectivity index is 1.44. The zero-order chi connectivity index (χ0) is 22.7. The van der Waals surface area contributed by atoms with Crippen LogP contribution in [0.5, 0.6) is 0 Å². The second-order valence-corrected chi connectivity index (χ2v) is 7.87. The molecule has 2 unspecified atom stereocenters. The van der Waals surface area contributed by atoms with Gasteiger partial charge in [0.2, 0.25) is 5.82 Å². The van der Waals surface area contributed by atoms with E-state index in [0.717, 1.165) is 15.6 Å². The third-order valence-electron chi connectivity index (χ3n) is 5.77. The molecule has 0 saturated carbocycles. The van der Waals surface area contributed by atoms with Crippen LogP contribution in [0.3, 0.4) is 0 Å². The number of halogens is 4. The molecule has 2 atom stereocenters. The molecule has 0 bridgehead atoms. The van der Waals surface area contributed by atoms with E-state index < -0.39 is 24.1 Å². The molecule has 4 heterocycles. The summed E-state index contributed by atoms with van der Waals surface area (Å²) in [5, 5.41) is 12.4. The lowest BCUT2D eigenvalue weighted by Gasteiger charge is -2.33. The number of para-hydroxylation sites is 1. The Morgan fingerprint density at radius 3 is 2.58 bits per heavy atom. The number of hydrogen-bond donors (Lipinski definition) is 1. The molecule has 0 fully saturated rings. The second kappa shape index (κ2) is 6.99. The minimum atomic E-state index is -4.52. The SMILES string of the molecule is Fc1ccc(C2CC(C(F)(F)F)n3nc(-c4nc5c6ccccc6ncn5n4)cc3N2)cc1. The van der Waals surface area contributed by atoms with Crippen molar-refractivity contribution in [2.45, 2.75) is 24.7 Å². The van der Waals surface area contributed by atoms with E-state index in [1.54, 1.807) is 0 Å². The van der Waals surface area contributed by atoms with E-state index in [0.29, 0.717) is 11.2 Å². The molecular formula is C22H15F4N7. The molecule has 3 aromatic heterocycles. The van der Waals surface area contributed by atoms with E-state index in [2.05, 4.69) is 25.5 Å². The molecule has 2 aromatic carbocycles. The highest BCUT2D eigenvalue weighted by atomic mass is 19.4. The fraction of sp³-hybridized carbons (Fsp3) is 0.182. The maximum Gasteiger partial charge on any atom is 0.410 e. The number of rotatable bonds is 2. The van der Waals surface area contributed by atoms with Gasteiger partial charge in [0.05, 0.1) is 11.6 Å². The van der Waals surface area contributed by atoms with Crippen molar-refractivity contribution in [1.82, 2.24) is 29.4 Å². The minimum Gasteiger partial charge on any atom is -0.363 e. The average molecular weight is 453 g/mol. The van der Waals surface area contributed by atoms with Crippen molar-refractivity contribution < 1.29 is 17.6 Å². The van der Waals surface area contributed by atoms with Gasteiger partial charge < -0.3 is 5.32 Å². The molecule has 33 heavy (non-hydrogen) atoms. The monoisotopic (exact) mass is 453 g/mol. The van der Waals surface area contributed by atoms with Crippen molar-refractivity contribution >= 4 is 22.4 Å². The Bertz CT molecular complexity index is 1490. The molecule has 0 saturated heterocycles. The number of hydrogen-bond acceptors (Lipinski definition) is 5. The lowest BCUT2D eigenvalue weighted by molar-refractivity contribution is -0.173. The summed E-state index contributed by atoms with van der Waals surface area (Å²) >= 11 is 0. The van der Waals surface area contributed by atoms with Crippen LogP contribution in [-0.4, -0.2) is 35.5 Å². The molecule has 166 valence electrons. The third kappa shape index (κ3) is 3.27. The summed E-state index contributed by atoms with van der Waals surface area (Å²) in [6.07, 6.45) is -3.30. The summed E-state index contributed by atoms with van der Waals surface area (Å²) in [6.45, 7) is 0. The fourth-order valence-electron chi connectivity index (χ4n) is 4.18. The first kappa shape index (κ1) is 19.6. The van der Waals surface area contributed by atoms with Gasteiger partial charge in [0.15, 0.2) is 11.7 Å². The number of alkyl halides is 3. The summed E-state index contributed by atoms with van der Waals surface area (Å²) in [7, 11) is 0. The van der Waals surface area contributed by atoms with Crippen LogP contribution in [0, 0.1) is 5.82 Å². The smallest absolute Gasteiger partial charge is 0.363 e. The van der Waals surface area contributed by atoms with E-state index in [1.807, 2.05) is 24.3 Å². The molecule has 1 N–H and O–H groups in total. The predicted octanol–water partition coefficient (Wildman–Crippen LogP) is 4.94. The van der Waals surface area contributed by atoms with E-state index in [1.165, 1.54) is 41.2 Å². The number of aromatic nitrogens is 6. The Labute approximate surface area is 183 Å². The molecular weight excluding hydrogens is 438 g/mol. The first-order valence-electron chi connectivity index (χ1n) is 10.2. The van der Waals surface area contributed by atoms with Gasteiger partial charge in [-0.05, 0) is 29.8 Å². The quantitative estimate of drug-likeness (QED) is 0.384. The van der Waals surface area contributed by atoms with Gasteiger partial charge in [-0.3, -0.25) is 0 Å². The topological polar surface area (TPSA) is 72.9 Å². The second-order valence-electron chi connectivity index (χ2n) is 7.87. The molecule has 5 aromatic rings. The standard InChI is InChI=1S/C22H15F4N7/c23-13-7-5-12(6-8-13)16-9-18(22(24,25)26)33-19(28-16)10-17(30-33)20-29-21-14-3-1-2-4-15(14)27-11-32(21)31-20/h1-8,10-11,16,18,28H,9H2. The Hall–Kier alpha value is -4.02. The molecule has 11 heteroatoms. The van der Waals surface area contributed by atoms with Crippen LogP contribution in [0.4, 0.5) is 23.4 Å². The van der Waals surface area contributed by atoms with Crippen molar-refractivity contribution in [3.8, 4) is 11.5 Å². The van der Waals surface area contributed by atoms with Crippen molar-refractivity contribution in [1.29, 1.82) is 0 Å². The highest BCUT2D eigenvalue weighted by Gasteiger charge is 2.46. The lowest BCUT2D eigenvalue weighted by Crippen LogP contribution is -2.35. The van der Waals surface area contributed by atoms with Gasteiger partial charge >= 0.3 is 6.18 Å². The summed E-state index contributed by atoms with van der Waals surface area (Å²) in [5.74, 6) is -0.0694. The Morgan fingerprint density at radius 1 is 1.00 bits per heavy atom. The Morgan fingerprint density at radius 2 is 1.79 bits per heavy atom. The number of nitrogens with zero attached hydrogens (tertiary/aromatic N) is 6. The number of nitrogens with one attached hydrogen (secondary N) is 1. The molecule has 0 amide bonds. The van der Waals surface area contributed by atoms with Gasteiger partial charge in [-0.15, -0.1) is 5.10 Å². The van der Waals surface area contributed by atoms with E-state index in [-0.39, 0.29) is 23.8 Å². The number of fused-ring (bicyclic) bond motifs is 4. The van der Waals surface area contributed by atoms with Crippen molar-refractivity contribution in [2.24, 2.45) is 0 Å². The fourth-order valence-corrected chi connectivity index (χ4v) is 4.18. The molecule has 0 aliphatic carbocycles. The predicted molar refractivity (Wildman–Crippen MR) is 112 cm³/mol. The highest BCUT2D eigenvalue weighted by Crippen LogP contribution is 2.44. The first-order valence-corrected chi connectivity index (χ1v) is 10.2. The molecule has 6 rings (SSSR count). The minimum absolute atomic E-state index is 0.190. The van der Waals surface area contributed by atoms with Gasteiger partial charge in [-0.2, -0.15) is 18.3 Å². The molecule has 1 aliphatic heterocycles. The van der Waals surface area contributed by atoms with Crippen molar-refractivity contribution in [3.63, 3.8) is 0 Å². The number of benzene rings is 2. The summed E-state index contributed by atoms with van der Waals surface area (Å²) in [5.41, 5.74) is 2.03. The van der Waals surface area contributed by atoms with Gasteiger partial charge in [-0.25, -0.2) is 23.6 Å². The Kier molecular flexibility index (Phi) is 4.16. The lowest BCUT2D eigenvalue weighted by atomic mass is 9.97. The van der Waals surface area contributed by atoms with E-state index in [4.69, 9.17) is 0 Å². The summed E-state index contributed by atoms with van der Waals surface area (Å²) < 4.78 is 57.5. The van der Waals surface area contributed by atoms with Crippen molar-refractivity contribution in [3.05, 3.63) is 72.3 Å². The van der Waals surface area contributed by atoms with Gasteiger partial charge in [0.1, 0.15) is 23.7 Å². The molecule has 1 aliphatic rings. The largest absolute Gasteiger partial charge is 0.410 e. The third-order valence-corrected chi connectivity index (χ3v) is 5.77. The van der Waals surface area contributed by atoms with Crippen molar-refractivity contribution in [2.75, 3.05) is 5.32 Å². The maximum atomic E-state index is 13.9. The van der Waals surface area contributed by atoms with Gasteiger partial charge in [0.25, 0.3) is 0 Å². The average Bonchev–Trinajstić information content (AvgIpc) is 3.42. The summed E-state index contributed by atoms with van der Waals surface area (Å²) in [4.78, 5) is 8.84. The zero-order valence-corrected chi connectivity index (χ0v) is 16.8. The molecule has 0 spiro atoms. The molecule has 7 nitrogen and oxygen atoms in total. The summed E-state index contributed by atoms with van der Waals surface area (Å²) in [6, 6.07) is 11.8. The van der Waals surface area contributed by atoms with Gasteiger partial charge in [0, 0.05) is 17.9 Å². The number of anilines is 1. The first-order chi connectivity index (χ1) is 15.9. The van der Waals surface area contributed by atoms with E-state index >= 15 is 0 Å². The van der Waals surface area contributed by atoms with Crippen LogP contribution in [0.25, 0.3) is 28.1 Å². The zero-order valence-electron chi connectivity index (χ0n) is 16.8. The van der Waals surface area contributed by atoms with Crippen LogP contribution in [0.2, 0.25) is 0 Å². The van der Waals surface area contributed by atoms with E-state index in [9.17, 15) is 17.6 Å². The van der Waals surface area contributed by atoms with Crippen LogP contribution in [-0.2, 0) is 0 Å². The normalized spacial score (nSPS) is 18.4. The maximum absolute atomic E-state index is 13.9. The van der Waals surface area contributed by atoms with Crippen LogP contribution in [0.1, 0.15) is 24.1 Å². The van der Waals surface area contributed by atoms with Crippen LogP contribution in [0.15, 0.2) is 60.9 Å². The van der Waals surface area contributed by atoms with Gasteiger partial charge in [-0.1, -0.05) is 24.3 Å². The molecule has 0 radical (unpaired) electrons. The van der Waals surface area contributed by atoms with Crippen LogP contribution >= 0.6 is 0 Å². The highest BCUT2D eigenvalue weighted by molar-refractivity contribution is 5.91. The van der Waals surface area contributed by atoms with Crippen LogP contribution < -0.4 is 5.32 Å².